The van der Waals surface area contributed by atoms with Gasteiger partial charge < -0.3 is 10.6 Å². The zero-order chi connectivity index (χ0) is 13.0. The van der Waals surface area contributed by atoms with Crippen LogP contribution in [-0.2, 0) is 0 Å². The van der Waals surface area contributed by atoms with Crippen molar-refractivity contribution in [3.8, 4) is 0 Å². The minimum absolute atomic E-state index is 0.0622. The molecule has 6 heteroatoms. The molecule has 0 radical (unpaired) electrons. The molecule has 2 N–H and O–H groups in total. The third-order valence-electron chi connectivity index (χ3n) is 3.12. The Morgan fingerprint density at radius 3 is 3.11 bits per heavy atom. The average molecular weight is 250 g/mol. The summed E-state index contributed by atoms with van der Waals surface area (Å²) in [7, 11) is 0. The van der Waals surface area contributed by atoms with Gasteiger partial charge in [-0.1, -0.05) is 0 Å². The molecule has 0 aromatic carbocycles. The number of hydrogen-bond acceptors (Lipinski definition) is 5. The topological polar surface area (TPSA) is 80.1 Å². The van der Waals surface area contributed by atoms with Crippen LogP contribution in [-0.4, -0.2) is 29.0 Å². The van der Waals surface area contributed by atoms with Crippen molar-refractivity contribution in [1.29, 1.82) is 0 Å². The lowest BCUT2D eigenvalue weighted by Gasteiger charge is -2.16. The smallest absolute Gasteiger partial charge is 0.311 e. The van der Waals surface area contributed by atoms with Crippen LogP contribution in [0.5, 0.6) is 0 Å². The molecule has 0 aliphatic carbocycles. The fourth-order valence-corrected chi connectivity index (χ4v) is 2.16. The summed E-state index contributed by atoms with van der Waals surface area (Å²) in [6.45, 7) is 3.76. The fraction of sp³-hybridized carbons (Fsp3) is 0.583. The second kappa shape index (κ2) is 5.77. The van der Waals surface area contributed by atoms with E-state index < -0.39 is 0 Å². The first-order chi connectivity index (χ1) is 8.66. The van der Waals surface area contributed by atoms with Gasteiger partial charge in [0, 0.05) is 18.3 Å². The van der Waals surface area contributed by atoms with E-state index in [1.807, 2.05) is 0 Å². The number of anilines is 1. The van der Waals surface area contributed by atoms with E-state index in [2.05, 4.69) is 15.6 Å². The van der Waals surface area contributed by atoms with Gasteiger partial charge in [0.15, 0.2) is 0 Å². The van der Waals surface area contributed by atoms with Crippen molar-refractivity contribution in [3.63, 3.8) is 0 Å². The molecule has 0 bridgehead atoms. The van der Waals surface area contributed by atoms with E-state index in [1.165, 1.54) is 0 Å². The minimum Gasteiger partial charge on any atom is -0.362 e. The second-order valence-corrected chi connectivity index (χ2v) is 4.66. The van der Waals surface area contributed by atoms with Crippen LogP contribution in [0.25, 0.3) is 0 Å². The van der Waals surface area contributed by atoms with E-state index >= 15 is 0 Å². The van der Waals surface area contributed by atoms with Gasteiger partial charge in [0.05, 0.1) is 4.92 Å². The molecule has 1 aromatic rings. The van der Waals surface area contributed by atoms with Gasteiger partial charge in [0.2, 0.25) is 5.82 Å². The molecule has 1 unspecified atom stereocenters. The molecule has 18 heavy (non-hydrogen) atoms. The zero-order valence-corrected chi connectivity index (χ0v) is 10.5. The molecule has 0 spiro atoms. The highest BCUT2D eigenvalue weighted by atomic mass is 16.6. The Balaban J connectivity index is 2.14. The summed E-state index contributed by atoms with van der Waals surface area (Å²) >= 11 is 0. The maximum atomic E-state index is 11.0. The van der Waals surface area contributed by atoms with E-state index in [9.17, 15) is 10.1 Å². The number of nitro groups is 1. The van der Waals surface area contributed by atoms with E-state index in [0.717, 1.165) is 37.9 Å². The summed E-state index contributed by atoms with van der Waals surface area (Å²) in [5.74, 6) is 0.387. The van der Waals surface area contributed by atoms with Crippen molar-refractivity contribution in [3.05, 3.63) is 27.9 Å². The molecule has 1 fully saturated rings. The van der Waals surface area contributed by atoms with Crippen LogP contribution in [0.2, 0.25) is 0 Å². The highest BCUT2D eigenvalue weighted by Crippen LogP contribution is 2.24. The Morgan fingerprint density at radius 2 is 2.33 bits per heavy atom. The van der Waals surface area contributed by atoms with E-state index in [0.29, 0.717) is 5.82 Å². The normalized spacial score (nSPS) is 20.2. The summed E-state index contributed by atoms with van der Waals surface area (Å²) in [6.07, 6.45) is 4.72. The molecule has 1 saturated heterocycles. The van der Waals surface area contributed by atoms with Gasteiger partial charge in [-0.05, 0) is 44.8 Å². The Morgan fingerprint density at radius 1 is 1.50 bits per heavy atom. The highest BCUT2D eigenvalue weighted by Gasteiger charge is 2.19. The van der Waals surface area contributed by atoms with E-state index in [4.69, 9.17) is 0 Å². The third kappa shape index (κ3) is 3.16. The number of nitrogens with one attached hydrogen (secondary N) is 2. The molecule has 6 nitrogen and oxygen atoms in total. The van der Waals surface area contributed by atoms with Gasteiger partial charge >= 0.3 is 5.69 Å². The SMILES string of the molecule is Cc1cnc(NC2CCCNCC2)c([N+](=O)[O-])c1. The van der Waals surface area contributed by atoms with E-state index in [1.54, 1.807) is 19.2 Å². The van der Waals surface area contributed by atoms with Crippen molar-refractivity contribution in [2.45, 2.75) is 32.2 Å². The highest BCUT2D eigenvalue weighted by molar-refractivity contribution is 5.57. The molecule has 2 heterocycles. The second-order valence-electron chi connectivity index (χ2n) is 4.66. The van der Waals surface area contributed by atoms with Gasteiger partial charge in [0.1, 0.15) is 0 Å². The van der Waals surface area contributed by atoms with Crippen molar-refractivity contribution in [2.75, 3.05) is 18.4 Å². The van der Waals surface area contributed by atoms with Crippen LogP contribution in [0.4, 0.5) is 11.5 Å². The zero-order valence-electron chi connectivity index (χ0n) is 10.5. The van der Waals surface area contributed by atoms with Crippen LogP contribution in [0, 0.1) is 17.0 Å². The quantitative estimate of drug-likeness (QED) is 0.632. The molecular formula is C12H18N4O2. The van der Waals surface area contributed by atoms with Crippen LogP contribution < -0.4 is 10.6 Å². The summed E-state index contributed by atoms with van der Waals surface area (Å²) < 4.78 is 0. The molecule has 1 aliphatic rings. The van der Waals surface area contributed by atoms with Crippen molar-refractivity contribution in [2.24, 2.45) is 0 Å². The largest absolute Gasteiger partial charge is 0.362 e. The Kier molecular flexibility index (Phi) is 4.09. The number of pyridine rings is 1. The number of hydrogen-bond donors (Lipinski definition) is 2. The van der Waals surface area contributed by atoms with Crippen LogP contribution >= 0.6 is 0 Å². The summed E-state index contributed by atoms with van der Waals surface area (Å²) in [4.78, 5) is 14.8. The number of aryl methyl sites for hydroxylation is 1. The first-order valence-electron chi connectivity index (χ1n) is 6.25. The molecule has 0 saturated carbocycles. The lowest BCUT2D eigenvalue weighted by atomic mass is 10.1. The summed E-state index contributed by atoms with van der Waals surface area (Å²) in [5, 5.41) is 17.5. The lowest BCUT2D eigenvalue weighted by Crippen LogP contribution is -2.22. The van der Waals surface area contributed by atoms with Crippen LogP contribution in [0.15, 0.2) is 12.3 Å². The maximum absolute atomic E-state index is 11.0. The molecular weight excluding hydrogens is 232 g/mol. The average Bonchev–Trinajstić information content (AvgIpc) is 2.60. The van der Waals surface area contributed by atoms with Gasteiger partial charge in [-0.2, -0.15) is 0 Å². The van der Waals surface area contributed by atoms with Crippen molar-refractivity contribution < 1.29 is 4.92 Å². The Bertz CT molecular complexity index is 428. The predicted octanol–water partition coefficient (Wildman–Crippen LogP) is 1.85. The first-order valence-corrected chi connectivity index (χ1v) is 6.25. The number of nitrogens with zero attached hydrogens (tertiary/aromatic N) is 2. The number of aromatic nitrogens is 1. The molecule has 1 aromatic heterocycles. The Hall–Kier alpha value is -1.69. The summed E-state index contributed by atoms with van der Waals surface area (Å²) in [6, 6.07) is 1.82. The maximum Gasteiger partial charge on any atom is 0.311 e. The molecule has 1 aliphatic heterocycles. The molecule has 0 amide bonds. The third-order valence-corrected chi connectivity index (χ3v) is 3.12. The predicted molar refractivity (Wildman–Crippen MR) is 69.8 cm³/mol. The number of rotatable bonds is 3. The first kappa shape index (κ1) is 12.8. The van der Waals surface area contributed by atoms with Gasteiger partial charge in [-0.25, -0.2) is 4.98 Å². The van der Waals surface area contributed by atoms with Crippen LogP contribution in [0.3, 0.4) is 0 Å². The minimum atomic E-state index is -0.378. The fourth-order valence-electron chi connectivity index (χ4n) is 2.16. The van der Waals surface area contributed by atoms with Crippen LogP contribution in [0.1, 0.15) is 24.8 Å². The standard InChI is InChI=1S/C12H18N4O2/c1-9-7-11(16(17)18)12(14-8-9)15-10-3-2-5-13-6-4-10/h7-8,10,13H,2-6H2,1H3,(H,14,15). The lowest BCUT2D eigenvalue weighted by molar-refractivity contribution is -0.384. The molecule has 1 atom stereocenters. The van der Waals surface area contributed by atoms with E-state index in [-0.39, 0.29) is 16.7 Å². The van der Waals surface area contributed by atoms with Crippen molar-refractivity contribution in [1.82, 2.24) is 10.3 Å². The van der Waals surface area contributed by atoms with Crippen molar-refractivity contribution >= 4 is 11.5 Å². The van der Waals surface area contributed by atoms with Gasteiger partial charge in [-0.3, -0.25) is 10.1 Å². The molecule has 2 rings (SSSR count). The summed E-state index contributed by atoms with van der Waals surface area (Å²) in [5.41, 5.74) is 0.863. The van der Waals surface area contributed by atoms with Gasteiger partial charge in [-0.15, -0.1) is 0 Å². The monoisotopic (exact) mass is 250 g/mol. The Labute approximate surface area is 106 Å². The van der Waals surface area contributed by atoms with Gasteiger partial charge in [0.25, 0.3) is 0 Å². The molecule has 98 valence electrons.